The van der Waals surface area contributed by atoms with Crippen LogP contribution in [0.4, 0.5) is 0 Å². The number of ether oxygens (including phenoxy) is 5. The molecule has 9 nitrogen and oxygen atoms in total. The van der Waals surface area contributed by atoms with E-state index in [0.717, 1.165) is 9.13 Å². The maximum atomic E-state index is 14.0. The predicted octanol–water partition coefficient (Wildman–Crippen LogP) is 4.59. The summed E-state index contributed by atoms with van der Waals surface area (Å²) in [7, 11) is 4.68. The van der Waals surface area contributed by atoms with E-state index >= 15 is 0 Å². The Hall–Kier alpha value is -2.84. The number of hydrogen-bond acceptors (Lipinski definition) is 9. The summed E-state index contributed by atoms with van der Waals surface area (Å²) in [4.78, 5) is 32.4. The molecule has 40 heavy (non-hydrogen) atoms. The minimum absolute atomic E-state index is 0.179. The lowest BCUT2D eigenvalue weighted by Gasteiger charge is -2.26. The van der Waals surface area contributed by atoms with Crippen LogP contribution in [-0.2, 0) is 9.53 Å². The predicted molar refractivity (Wildman–Crippen MR) is 165 cm³/mol. The zero-order valence-corrected chi connectivity index (χ0v) is 27.4. The summed E-state index contributed by atoms with van der Waals surface area (Å²) in [6, 6.07) is 6.44. The summed E-state index contributed by atoms with van der Waals surface area (Å²) in [5.41, 5.74) is 1.83. The van der Waals surface area contributed by atoms with Crippen LogP contribution in [0.1, 0.15) is 37.9 Å². The molecule has 2 aromatic carbocycles. The Bertz CT molecular complexity index is 1680. The van der Waals surface area contributed by atoms with Gasteiger partial charge >= 0.3 is 5.97 Å². The van der Waals surface area contributed by atoms with Crippen molar-refractivity contribution < 1.29 is 28.5 Å². The average Bonchev–Trinajstić information content (AvgIpc) is 3.22. The molecule has 0 saturated heterocycles. The zero-order chi connectivity index (χ0) is 29.1. The minimum Gasteiger partial charge on any atom is -0.493 e. The molecule has 212 valence electrons. The highest BCUT2D eigenvalue weighted by Gasteiger charge is 2.35. The van der Waals surface area contributed by atoms with Gasteiger partial charge in [0.05, 0.1) is 60.0 Å². The number of benzene rings is 2. The van der Waals surface area contributed by atoms with Crippen LogP contribution in [0.5, 0.6) is 23.0 Å². The van der Waals surface area contributed by atoms with Gasteiger partial charge in [-0.15, -0.1) is 0 Å². The molecule has 12 heteroatoms. The Morgan fingerprint density at radius 3 is 2.42 bits per heavy atom. The molecule has 1 aromatic heterocycles. The summed E-state index contributed by atoms with van der Waals surface area (Å²) < 4.78 is 31.1. The molecule has 0 unspecified atom stereocenters. The maximum absolute atomic E-state index is 14.0. The van der Waals surface area contributed by atoms with Gasteiger partial charge in [-0.2, -0.15) is 0 Å². The molecule has 0 bridgehead atoms. The third kappa shape index (κ3) is 5.66. The van der Waals surface area contributed by atoms with Gasteiger partial charge in [-0.1, -0.05) is 27.3 Å². The molecule has 1 atom stereocenters. The fourth-order valence-electron chi connectivity index (χ4n) is 4.45. The zero-order valence-electron chi connectivity index (χ0n) is 22.8. The quantitative estimate of drug-likeness (QED) is 0.234. The molecule has 3 aromatic rings. The van der Waals surface area contributed by atoms with Crippen LogP contribution in [0.15, 0.2) is 49.8 Å². The maximum Gasteiger partial charge on any atom is 0.338 e. The smallest absolute Gasteiger partial charge is 0.338 e. The Balaban J connectivity index is 1.99. The highest BCUT2D eigenvalue weighted by molar-refractivity contribution is 14.1. The van der Waals surface area contributed by atoms with Gasteiger partial charge in [-0.05, 0) is 84.8 Å². The van der Waals surface area contributed by atoms with E-state index in [-0.39, 0.29) is 17.7 Å². The number of esters is 1. The first-order valence-corrected chi connectivity index (χ1v) is 15.0. The topological polar surface area (TPSA) is 97.6 Å². The van der Waals surface area contributed by atoms with E-state index in [9.17, 15) is 9.59 Å². The number of allylic oxidation sites excluding steroid dienone is 1. The summed E-state index contributed by atoms with van der Waals surface area (Å²) in [6.07, 6.45) is 1.78. The Labute approximate surface area is 257 Å². The van der Waals surface area contributed by atoms with Gasteiger partial charge in [0.2, 0.25) is 0 Å². The van der Waals surface area contributed by atoms with E-state index in [1.165, 1.54) is 15.9 Å². The number of nitrogens with zero attached hydrogens (tertiary/aromatic N) is 2. The second-order valence-electron chi connectivity index (χ2n) is 8.50. The van der Waals surface area contributed by atoms with Crippen LogP contribution in [0.25, 0.3) is 6.08 Å². The number of carbonyl (C=O) groups excluding carboxylic acids is 1. The lowest BCUT2D eigenvalue weighted by atomic mass is 9.95. The van der Waals surface area contributed by atoms with Crippen molar-refractivity contribution in [2.75, 3.05) is 34.5 Å². The van der Waals surface area contributed by atoms with Crippen molar-refractivity contribution in [3.05, 3.63) is 74.4 Å². The van der Waals surface area contributed by atoms with Crippen molar-refractivity contribution in [1.82, 2.24) is 4.57 Å². The van der Waals surface area contributed by atoms with E-state index in [2.05, 4.69) is 43.5 Å². The lowest BCUT2D eigenvalue weighted by Crippen LogP contribution is -2.40. The summed E-state index contributed by atoms with van der Waals surface area (Å²) in [5.74, 6) is 1.63. The minimum atomic E-state index is -0.818. The van der Waals surface area contributed by atoms with Crippen molar-refractivity contribution in [3.63, 3.8) is 0 Å². The molecule has 2 heterocycles. The Kier molecular flexibility index (Phi) is 9.62. The van der Waals surface area contributed by atoms with Crippen molar-refractivity contribution in [3.8, 4) is 23.0 Å². The van der Waals surface area contributed by atoms with Gasteiger partial charge in [-0.25, -0.2) is 9.79 Å². The Morgan fingerprint density at radius 2 is 1.80 bits per heavy atom. The van der Waals surface area contributed by atoms with Gasteiger partial charge in [0.15, 0.2) is 27.8 Å². The number of thiazole rings is 1. The van der Waals surface area contributed by atoms with Crippen LogP contribution in [0.2, 0.25) is 0 Å². The van der Waals surface area contributed by atoms with Crippen LogP contribution < -0.4 is 33.8 Å². The van der Waals surface area contributed by atoms with Crippen molar-refractivity contribution in [1.29, 1.82) is 0 Å². The third-order valence-corrected chi connectivity index (χ3v) is 8.62. The largest absolute Gasteiger partial charge is 0.493 e. The van der Waals surface area contributed by atoms with Gasteiger partial charge in [-0.3, -0.25) is 9.36 Å². The fraction of sp³-hybridized carbons (Fsp3) is 0.321. The van der Waals surface area contributed by atoms with Crippen LogP contribution in [0, 0.1) is 3.57 Å². The first kappa shape index (κ1) is 30.1. The highest BCUT2D eigenvalue weighted by atomic mass is 127. The molecule has 1 aliphatic rings. The average molecular weight is 743 g/mol. The molecule has 0 fully saturated rings. The van der Waals surface area contributed by atoms with Gasteiger partial charge < -0.3 is 23.7 Å². The van der Waals surface area contributed by atoms with E-state index in [0.29, 0.717) is 54.7 Å². The van der Waals surface area contributed by atoms with E-state index < -0.39 is 12.0 Å². The van der Waals surface area contributed by atoms with Crippen LogP contribution in [0.3, 0.4) is 0 Å². The van der Waals surface area contributed by atoms with Gasteiger partial charge in [0, 0.05) is 4.47 Å². The molecule has 0 saturated carbocycles. The van der Waals surface area contributed by atoms with Crippen molar-refractivity contribution >= 4 is 61.9 Å². The molecule has 0 N–H and O–H groups in total. The Morgan fingerprint density at radius 1 is 1.07 bits per heavy atom. The fourth-order valence-corrected chi connectivity index (χ4v) is 6.88. The summed E-state index contributed by atoms with van der Waals surface area (Å²) in [6.45, 7) is 5.98. The summed E-state index contributed by atoms with van der Waals surface area (Å²) >= 11 is 7.04. The number of halogens is 2. The number of fused-ring (bicyclic) bond motifs is 1. The van der Waals surface area contributed by atoms with Crippen molar-refractivity contribution in [2.45, 2.75) is 26.8 Å². The number of aromatic nitrogens is 1. The van der Waals surface area contributed by atoms with Crippen molar-refractivity contribution in [2.24, 2.45) is 4.99 Å². The third-order valence-electron chi connectivity index (χ3n) is 6.15. The molecule has 0 amide bonds. The number of methoxy groups -OCH3 is 3. The van der Waals surface area contributed by atoms with E-state index in [1.54, 1.807) is 59.5 Å². The summed E-state index contributed by atoms with van der Waals surface area (Å²) in [5, 5.41) is 0. The van der Waals surface area contributed by atoms with Crippen LogP contribution >= 0.6 is 49.9 Å². The van der Waals surface area contributed by atoms with Gasteiger partial charge in [0.1, 0.15) is 0 Å². The number of hydrogen-bond donors (Lipinski definition) is 0. The first-order chi connectivity index (χ1) is 19.2. The van der Waals surface area contributed by atoms with E-state index in [1.807, 2.05) is 13.0 Å². The lowest BCUT2D eigenvalue weighted by molar-refractivity contribution is -0.139. The number of carbonyl (C=O) groups is 1. The second kappa shape index (κ2) is 12.8. The standard InChI is InChI=1S/C28H28BrIN2O7S/c1-7-38-20-13-17(29)16(12-19(20)35-4)24-23(27(34)39-8-2)14(3)31-28-32(24)26(33)22(40-28)11-15-9-18(30)25(37-6)21(10-15)36-5/h9-13,24H,7-8H2,1-6H3/b22-11+/t24-/m0/s1. The highest BCUT2D eigenvalue weighted by Crippen LogP contribution is 2.41. The number of rotatable bonds is 9. The van der Waals surface area contributed by atoms with E-state index in [4.69, 9.17) is 23.7 Å². The first-order valence-electron chi connectivity index (χ1n) is 12.3. The molecular formula is C28H28BrIN2O7S. The normalized spacial score (nSPS) is 14.9. The SMILES string of the molecule is CCOC(=O)C1=C(C)N=c2s/c(=C/c3cc(I)c(OC)c(OC)c3)c(=O)n2[C@H]1c1cc(OC)c(OCC)cc1Br. The second-order valence-corrected chi connectivity index (χ2v) is 11.5. The molecular weight excluding hydrogens is 715 g/mol. The molecule has 0 radical (unpaired) electrons. The molecule has 0 spiro atoms. The molecule has 0 aliphatic carbocycles. The molecule has 1 aliphatic heterocycles. The van der Waals surface area contributed by atoms with Gasteiger partial charge in [0.25, 0.3) is 5.56 Å². The van der Waals surface area contributed by atoms with Crippen LogP contribution in [-0.4, -0.2) is 45.1 Å². The molecule has 4 rings (SSSR count). The monoisotopic (exact) mass is 742 g/mol.